The molecular weight excluding hydrogens is 388 g/mol. The van der Waals surface area contributed by atoms with Gasteiger partial charge in [0, 0.05) is 32.4 Å². The number of hydrogen-bond acceptors (Lipinski definition) is 5. The number of anilines is 1. The number of carbonyl (C=O) groups is 1. The summed E-state index contributed by atoms with van der Waals surface area (Å²) in [5.74, 6) is 0.614. The molecule has 1 aromatic carbocycles. The fourth-order valence-corrected chi connectivity index (χ4v) is 3.88. The van der Waals surface area contributed by atoms with Gasteiger partial charge in [-0.15, -0.1) is 0 Å². The van der Waals surface area contributed by atoms with E-state index in [2.05, 4.69) is 14.6 Å². The van der Waals surface area contributed by atoms with Gasteiger partial charge in [-0.05, 0) is 37.7 Å². The molecule has 0 saturated carbocycles. The molecule has 27 heavy (non-hydrogen) atoms. The maximum absolute atomic E-state index is 12.7. The first-order valence-electron chi connectivity index (χ1n) is 8.61. The first-order chi connectivity index (χ1) is 12.9. The van der Waals surface area contributed by atoms with Crippen LogP contribution in [0.25, 0.3) is 0 Å². The van der Waals surface area contributed by atoms with Crippen molar-refractivity contribution in [2.24, 2.45) is 0 Å². The molecule has 2 heterocycles. The smallest absolute Gasteiger partial charge is 0.255 e. The Kier molecular flexibility index (Phi) is 5.98. The zero-order chi connectivity index (χ0) is 19.4. The third-order valence-electron chi connectivity index (χ3n) is 4.51. The highest BCUT2D eigenvalue weighted by Crippen LogP contribution is 2.20. The zero-order valence-electron chi connectivity index (χ0n) is 14.9. The minimum absolute atomic E-state index is 0.0779. The summed E-state index contributed by atoms with van der Waals surface area (Å²) in [5.41, 5.74) is 0.507. The Morgan fingerprint density at radius 1 is 1.11 bits per heavy atom. The lowest BCUT2D eigenvalue weighted by Crippen LogP contribution is -2.35. The molecule has 1 aliphatic heterocycles. The molecule has 1 aromatic heterocycles. The number of pyridine rings is 1. The van der Waals surface area contributed by atoms with Crippen molar-refractivity contribution in [2.45, 2.75) is 11.3 Å². The van der Waals surface area contributed by atoms with Crippen LogP contribution in [0.1, 0.15) is 16.8 Å². The Morgan fingerprint density at radius 3 is 2.56 bits per heavy atom. The number of halogens is 1. The minimum atomic E-state index is -3.50. The molecule has 0 aliphatic carbocycles. The zero-order valence-corrected chi connectivity index (χ0v) is 16.5. The van der Waals surface area contributed by atoms with Crippen molar-refractivity contribution >= 4 is 33.3 Å². The van der Waals surface area contributed by atoms with Crippen LogP contribution in [0.15, 0.2) is 47.5 Å². The quantitative estimate of drug-likeness (QED) is 0.836. The van der Waals surface area contributed by atoms with Crippen LogP contribution >= 0.6 is 11.6 Å². The number of nitrogens with one attached hydrogen (secondary N) is 1. The summed E-state index contributed by atoms with van der Waals surface area (Å²) in [5, 5.41) is 0.451. The molecule has 2 aromatic rings. The van der Waals surface area contributed by atoms with Crippen LogP contribution in [0, 0.1) is 0 Å². The predicted molar refractivity (Wildman–Crippen MR) is 105 cm³/mol. The highest BCUT2D eigenvalue weighted by molar-refractivity contribution is 7.89. The number of nitrogens with zero attached hydrogens (tertiary/aromatic N) is 3. The largest absolute Gasteiger partial charge is 0.355 e. The monoisotopic (exact) mass is 408 g/mol. The van der Waals surface area contributed by atoms with Gasteiger partial charge in [0.15, 0.2) is 0 Å². The first kappa shape index (κ1) is 19.6. The molecule has 0 bridgehead atoms. The van der Waals surface area contributed by atoms with E-state index in [1.165, 1.54) is 19.3 Å². The maximum atomic E-state index is 12.7. The van der Waals surface area contributed by atoms with Crippen LogP contribution in [0.4, 0.5) is 5.82 Å². The van der Waals surface area contributed by atoms with Gasteiger partial charge in [0.05, 0.1) is 10.6 Å². The van der Waals surface area contributed by atoms with E-state index in [4.69, 9.17) is 11.6 Å². The minimum Gasteiger partial charge on any atom is -0.355 e. The molecular formula is C18H21ClN4O3S. The highest BCUT2D eigenvalue weighted by atomic mass is 35.5. The van der Waals surface area contributed by atoms with E-state index >= 15 is 0 Å². The van der Waals surface area contributed by atoms with Gasteiger partial charge >= 0.3 is 0 Å². The molecule has 3 rings (SSSR count). The SMILES string of the molecule is CNS(=O)(=O)c1ccc(N2CCCN(C(=O)c3ccccc3Cl)CC2)nc1. The summed E-state index contributed by atoms with van der Waals surface area (Å²) >= 11 is 6.15. The number of hydrogen-bond donors (Lipinski definition) is 1. The van der Waals surface area contributed by atoms with E-state index in [0.29, 0.717) is 36.0 Å². The third-order valence-corrected chi connectivity index (χ3v) is 6.24. The molecule has 7 nitrogen and oxygen atoms in total. The average molecular weight is 409 g/mol. The van der Waals surface area contributed by atoms with Crippen molar-refractivity contribution in [1.29, 1.82) is 0 Å². The first-order valence-corrected chi connectivity index (χ1v) is 10.5. The standard InChI is InChI=1S/C18H21ClN4O3S/c1-20-27(25,26)14-7-8-17(21-13-14)22-9-4-10-23(12-11-22)18(24)15-5-2-3-6-16(15)19/h2-3,5-8,13,20H,4,9-12H2,1H3. The maximum Gasteiger partial charge on any atom is 0.255 e. The van der Waals surface area contributed by atoms with Crippen LogP contribution in [-0.2, 0) is 10.0 Å². The van der Waals surface area contributed by atoms with E-state index in [-0.39, 0.29) is 10.8 Å². The van der Waals surface area contributed by atoms with Gasteiger partial charge in [0.1, 0.15) is 10.7 Å². The normalized spacial score (nSPS) is 15.5. The lowest BCUT2D eigenvalue weighted by Gasteiger charge is -2.23. The molecule has 1 N–H and O–H groups in total. The Morgan fingerprint density at radius 2 is 1.89 bits per heavy atom. The fourth-order valence-electron chi connectivity index (χ4n) is 2.99. The van der Waals surface area contributed by atoms with E-state index in [1.807, 2.05) is 0 Å². The molecule has 0 unspecified atom stereocenters. The Labute approximate surface area is 164 Å². The highest BCUT2D eigenvalue weighted by Gasteiger charge is 2.22. The van der Waals surface area contributed by atoms with Crippen molar-refractivity contribution in [1.82, 2.24) is 14.6 Å². The molecule has 1 saturated heterocycles. The lowest BCUT2D eigenvalue weighted by atomic mass is 10.2. The molecule has 0 radical (unpaired) electrons. The van der Waals surface area contributed by atoms with Crippen molar-refractivity contribution in [3.8, 4) is 0 Å². The topological polar surface area (TPSA) is 82.6 Å². The van der Waals surface area contributed by atoms with Crippen LogP contribution < -0.4 is 9.62 Å². The van der Waals surface area contributed by atoms with E-state index < -0.39 is 10.0 Å². The van der Waals surface area contributed by atoms with Gasteiger partial charge in [0.25, 0.3) is 5.91 Å². The third kappa shape index (κ3) is 4.40. The molecule has 1 fully saturated rings. The van der Waals surface area contributed by atoms with Crippen molar-refractivity contribution in [3.05, 3.63) is 53.2 Å². The summed E-state index contributed by atoms with van der Waals surface area (Å²) in [7, 11) is -2.14. The second kappa shape index (κ2) is 8.24. The average Bonchev–Trinajstić information content (AvgIpc) is 2.94. The number of carbonyl (C=O) groups excluding carboxylic acids is 1. The molecule has 0 spiro atoms. The molecule has 1 amide bonds. The Hall–Kier alpha value is -2.16. The predicted octanol–water partition coefficient (Wildman–Crippen LogP) is 2.00. The second-order valence-corrected chi connectivity index (χ2v) is 8.47. The van der Waals surface area contributed by atoms with Crippen LogP contribution in [0.2, 0.25) is 5.02 Å². The number of aromatic nitrogens is 1. The summed E-state index contributed by atoms with van der Waals surface area (Å²) < 4.78 is 25.9. The van der Waals surface area contributed by atoms with Crippen LogP contribution in [-0.4, -0.2) is 57.4 Å². The van der Waals surface area contributed by atoms with E-state index in [9.17, 15) is 13.2 Å². The summed E-state index contributed by atoms with van der Waals surface area (Å²) in [6.07, 6.45) is 2.13. The number of rotatable bonds is 4. The number of benzene rings is 1. The van der Waals surface area contributed by atoms with Crippen molar-refractivity contribution < 1.29 is 13.2 Å². The molecule has 9 heteroatoms. The summed E-state index contributed by atoms with van der Waals surface area (Å²) in [4.78, 5) is 21.0. The van der Waals surface area contributed by atoms with Gasteiger partial charge in [-0.1, -0.05) is 23.7 Å². The number of sulfonamides is 1. The molecule has 144 valence electrons. The van der Waals surface area contributed by atoms with Crippen molar-refractivity contribution in [3.63, 3.8) is 0 Å². The van der Waals surface area contributed by atoms with E-state index in [1.54, 1.807) is 35.2 Å². The molecule has 1 aliphatic rings. The number of amides is 1. The Bertz CT molecular complexity index is 918. The van der Waals surface area contributed by atoms with Gasteiger partial charge in [-0.25, -0.2) is 18.1 Å². The van der Waals surface area contributed by atoms with E-state index in [0.717, 1.165) is 13.0 Å². The van der Waals surface area contributed by atoms with Gasteiger partial charge in [-0.2, -0.15) is 0 Å². The fraction of sp³-hybridized carbons (Fsp3) is 0.333. The second-order valence-electron chi connectivity index (χ2n) is 6.17. The van der Waals surface area contributed by atoms with Gasteiger partial charge in [-0.3, -0.25) is 4.79 Å². The van der Waals surface area contributed by atoms with Crippen LogP contribution in [0.5, 0.6) is 0 Å². The van der Waals surface area contributed by atoms with Crippen LogP contribution in [0.3, 0.4) is 0 Å². The molecule has 0 atom stereocenters. The van der Waals surface area contributed by atoms with Gasteiger partial charge < -0.3 is 9.80 Å². The summed E-state index contributed by atoms with van der Waals surface area (Å²) in [6.45, 7) is 2.52. The Balaban J connectivity index is 1.70. The van der Waals surface area contributed by atoms with Crippen molar-refractivity contribution in [2.75, 3.05) is 38.1 Å². The van der Waals surface area contributed by atoms with Gasteiger partial charge in [0.2, 0.25) is 10.0 Å². The summed E-state index contributed by atoms with van der Waals surface area (Å²) in [6, 6.07) is 10.3. The lowest BCUT2D eigenvalue weighted by molar-refractivity contribution is 0.0767.